The van der Waals surface area contributed by atoms with E-state index in [1.54, 1.807) is 0 Å². The first-order valence-corrected chi connectivity index (χ1v) is 11.9. The van der Waals surface area contributed by atoms with Crippen LogP contribution in [-0.4, -0.2) is 0 Å². The number of unbranched alkanes of at least 4 members (excludes halogenated alkanes) is 1. The fourth-order valence-corrected chi connectivity index (χ4v) is 5.41. The molecule has 2 aliphatic carbocycles. The standard InChI is InChI=1S/C27H40/c1-3-5-7-23-8-10-24(11-9-23)12-13-25-16-20-27(21-17-25)26-18-14-22(6-4-2)15-19-26/h8-11,22,25-27H,3-7,14-21H2,1-2H3/t22-,25-,26-,27-. The molecule has 0 bridgehead atoms. The molecule has 0 radical (unpaired) electrons. The van der Waals surface area contributed by atoms with E-state index >= 15 is 0 Å². The fraction of sp³-hybridized carbons (Fsp3) is 0.704. The first kappa shape index (κ1) is 20.5. The molecule has 0 spiro atoms. The minimum atomic E-state index is 0.637. The Hall–Kier alpha value is -1.22. The average molecular weight is 365 g/mol. The average Bonchev–Trinajstić information content (AvgIpc) is 2.73. The van der Waals surface area contributed by atoms with Gasteiger partial charge in [0.15, 0.2) is 0 Å². The van der Waals surface area contributed by atoms with Gasteiger partial charge in [0.2, 0.25) is 0 Å². The summed E-state index contributed by atoms with van der Waals surface area (Å²) < 4.78 is 0. The minimum absolute atomic E-state index is 0.637. The lowest BCUT2D eigenvalue weighted by atomic mass is 9.69. The molecule has 0 heterocycles. The van der Waals surface area contributed by atoms with Gasteiger partial charge in [0.1, 0.15) is 0 Å². The van der Waals surface area contributed by atoms with Gasteiger partial charge in [-0.1, -0.05) is 69.9 Å². The van der Waals surface area contributed by atoms with E-state index in [2.05, 4.69) is 50.0 Å². The van der Waals surface area contributed by atoms with E-state index in [0.29, 0.717) is 5.92 Å². The Morgan fingerprint density at radius 3 is 2.00 bits per heavy atom. The molecule has 0 atom stereocenters. The molecule has 0 unspecified atom stereocenters. The van der Waals surface area contributed by atoms with E-state index in [-0.39, 0.29) is 0 Å². The molecule has 1 aromatic rings. The third-order valence-electron chi connectivity index (χ3n) is 7.22. The normalized spacial score (nSPS) is 28.4. The SMILES string of the molecule is CCCCc1ccc(C#C[C@H]2CC[C@H]([C@H]3CC[C@H](CCC)CC3)CC2)cc1. The summed E-state index contributed by atoms with van der Waals surface area (Å²) in [4.78, 5) is 0. The predicted molar refractivity (Wildman–Crippen MR) is 118 cm³/mol. The van der Waals surface area contributed by atoms with Gasteiger partial charge < -0.3 is 0 Å². The highest BCUT2D eigenvalue weighted by atomic mass is 14.3. The van der Waals surface area contributed by atoms with Crippen molar-refractivity contribution < 1.29 is 0 Å². The molecule has 2 saturated carbocycles. The lowest BCUT2D eigenvalue weighted by molar-refractivity contribution is 0.154. The molecule has 0 nitrogen and oxygen atoms in total. The molecule has 0 N–H and O–H groups in total. The lowest BCUT2D eigenvalue weighted by Gasteiger charge is -2.37. The summed E-state index contributed by atoms with van der Waals surface area (Å²) in [6.45, 7) is 4.60. The van der Waals surface area contributed by atoms with Crippen molar-refractivity contribution in [3.63, 3.8) is 0 Å². The van der Waals surface area contributed by atoms with Crippen LogP contribution >= 0.6 is 0 Å². The Kier molecular flexibility index (Phi) is 8.32. The Labute approximate surface area is 168 Å². The van der Waals surface area contributed by atoms with E-state index in [0.717, 1.165) is 17.8 Å². The summed E-state index contributed by atoms with van der Waals surface area (Å²) in [7, 11) is 0. The third-order valence-corrected chi connectivity index (χ3v) is 7.22. The van der Waals surface area contributed by atoms with Crippen molar-refractivity contribution in [1.82, 2.24) is 0 Å². The molecule has 27 heavy (non-hydrogen) atoms. The highest BCUT2D eigenvalue weighted by Crippen LogP contribution is 2.42. The molecule has 0 heteroatoms. The van der Waals surface area contributed by atoms with Crippen molar-refractivity contribution >= 4 is 0 Å². The quantitative estimate of drug-likeness (QED) is 0.452. The van der Waals surface area contributed by atoms with Gasteiger partial charge in [-0.15, -0.1) is 0 Å². The van der Waals surface area contributed by atoms with E-state index in [1.165, 1.54) is 94.6 Å². The van der Waals surface area contributed by atoms with Crippen molar-refractivity contribution in [2.75, 3.05) is 0 Å². The van der Waals surface area contributed by atoms with Crippen molar-refractivity contribution in [2.45, 2.75) is 97.3 Å². The summed E-state index contributed by atoms with van der Waals surface area (Å²) in [6.07, 6.45) is 18.2. The molecule has 2 aliphatic rings. The Balaban J connectivity index is 1.42. The van der Waals surface area contributed by atoms with Gasteiger partial charge >= 0.3 is 0 Å². The zero-order valence-corrected chi connectivity index (χ0v) is 17.8. The molecule has 1 aromatic carbocycles. The van der Waals surface area contributed by atoms with E-state index in [9.17, 15) is 0 Å². The second-order valence-corrected chi connectivity index (χ2v) is 9.25. The van der Waals surface area contributed by atoms with Gasteiger partial charge in [0, 0.05) is 11.5 Å². The van der Waals surface area contributed by atoms with Crippen molar-refractivity contribution in [3.8, 4) is 11.8 Å². The zero-order valence-electron chi connectivity index (χ0n) is 17.8. The van der Waals surface area contributed by atoms with Crippen LogP contribution in [0.25, 0.3) is 0 Å². The van der Waals surface area contributed by atoms with Crippen LogP contribution in [0.15, 0.2) is 24.3 Å². The molecule has 0 aromatic heterocycles. The van der Waals surface area contributed by atoms with Crippen molar-refractivity contribution in [1.29, 1.82) is 0 Å². The van der Waals surface area contributed by atoms with Crippen LogP contribution in [-0.2, 0) is 6.42 Å². The highest BCUT2D eigenvalue weighted by molar-refractivity contribution is 5.36. The summed E-state index contributed by atoms with van der Waals surface area (Å²) in [6, 6.07) is 8.98. The third kappa shape index (κ3) is 6.41. The monoisotopic (exact) mass is 364 g/mol. The molecule has 0 amide bonds. The van der Waals surface area contributed by atoms with E-state index in [1.807, 2.05) is 0 Å². The molecule has 0 saturated heterocycles. The fourth-order valence-electron chi connectivity index (χ4n) is 5.41. The van der Waals surface area contributed by atoms with Crippen LogP contribution in [0.4, 0.5) is 0 Å². The molecule has 2 fully saturated rings. The summed E-state index contributed by atoms with van der Waals surface area (Å²) in [5, 5.41) is 0. The maximum absolute atomic E-state index is 3.60. The zero-order chi connectivity index (χ0) is 18.9. The van der Waals surface area contributed by atoms with Crippen LogP contribution in [0.2, 0.25) is 0 Å². The summed E-state index contributed by atoms with van der Waals surface area (Å²) >= 11 is 0. The number of benzene rings is 1. The number of rotatable bonds is 6. The molecular weight excluding hydrogens is 324 g/mol. The van der Waals surface area contributed by atoms with Crippen LogP contribution in [0, 0.1) is 35.5 Å². The number of aryl methyl sites for hydroxylation is 1. The molecule has 148 valence electrons. The van der Waals surface area contributed by atoms with Crippen LogP contribution < -0.4 is 0 Å². The second kappa shape index (κ2) is 10.9. The maximum atomic E-state index is 3.60. The maximum Gasteiger partial charge on any atom is 0.0245 e. The summed E-state index contributed by atoms with van der Waals surface area (Å²) in [5.41, 5.74) is 2.66. The Morgan fingerprint density at radius 1 is 0.778 bits per heavy atom. The Bertz CT molecular complexity index is 583. The van der Waals surface area contributed by atoms with Crippen LogP contribution in [0.1, 0.15) is 102 Å². The largest absolute Gasteiger partial charge is 0.0945 e. The van der Waals surface area contributed by atoms with Crippen molar-refractivity contribution in [2.24, 2.45) is 23.7 Å². The van der Waals surface area contributed by atoms with E-state index in [4.69, 9.17) is 0 Å². The smallest absolute Gasteiger partial charge is 0.0245 e. The molecule has 0 aliphatic heterocycles. The van der Waals surface area contributed by atoms with Gasteiger partial charge in [-0.2, -0.15) is 0 Å². The molecular formula is C27H40. The topological polar surface area (TPSA) is 0 Å². The van der Waals surface area contributed by atoms with E-state index < -0.39 is 0 Å². The number of hydrogen-bond donors (Lipinski definition) is 0. The summed E-state index contributed by atoms with van der Waals surface area (Å²) in [5.74, 6) is 10.8. The highest BCUT2D eigenvalue weighted by Gasteiger charge is 2.30. The van der Waals surface area contributed by atoms with Gasteiger partial charge in [-0.25, -0.2) is 0 Å². The lowest BCUT2D eigenvalue weighted by Crippen LogP contribution is -2.25. The molecule has 3 rings (SSSR count). The number of hydrogen-bond acceptors (Lipinski definition) is 0. The first-order chi connectivity index (χ1) is 13.3. The van der Waals surface area contributed by atoms with Gasteiger partial charge in [0.25, 0.3) is 0 Å². The van der Waals surface area contributed by atoms with Crippen LogP contribution in [0.5, 0.6) is 0 Å². The predicted octanol–water partition coefficient (Wildman–Crippen LogP) is 7.79. The Morgan fingerprint density at radius 2 is 1.41 bits per heavy atom. The first-order valence-electron chi connectivity index (χ1n) is 11.9. The van der Waals surface area contributed by atoms with Gasteiger partial charge in [0.05, 0.1) is 0 Å². The van der Waals surface area contributed by atoms with Crippen LogP contribution in [0.3, 0.4) is 0 Å². The minimum Gasteiger partial charge on any atom is -0.0945 e. The second-order valence-electron chi connectivity index (χ2n) is 9.25. The van der Waals surface area contributed by atoms with Gasteiger partial charge in [-0.3, -0.25) is 0 Å². The van der Waals surface area contributed by atoms with Crippen molar-refractivity contribution in [3.05, 3.63) is 35.4 Å². The van der Waals surface area contributed by atoms with Gasteiger partial charge in [-0.05, 0) is 86.8 Å².